The molecule has 0 spiro atoms. The molecule has 108 valence electrons. The summed E-state index contributed by atoms with van der Waals surface area (Å²) in [6, 6.07) is 16.6. The van der Waals surface area contributed by atoms with Gasteiger partial charge in [-0.2, -0.15) is 0 Å². The van der Waals surface area contributed by atoms with Gasteiger partial charge in [-0.15, -0.1) is 13.2 Å². The summed E-state index contributed by atoms with van der Waals surface area (Å²) >= 11 is 0. The fourth-order valence-corrected chi connectivity index (χ4v) is 2.29. The highest BCUT2D eigenvalue weighted by Gasteiger charge is 2.01. The minimum absolute atomic E-state index is 0.683. The minimum Gasteiger partial charge on any atom is -0.368 e. The van der Waals surface area contributed by atoms with Crippen molar-refractivity contribution in [1.29, 1.82) is 0 Å². The van der Waals surface area contributed by atoms with Crippen LogP contribution in [0, 0.1) is 0 Å². The summed E-state index contributed by atoms with van der Waals surface area (Å²) in [7, 11) is 0. The zero-order valence-electron chi connectivity index (χ0n) is 12.3. The van der Waals surface area contributed by atoms with Crippen molar-refractivity contribution in [2.75, 3.05) is 17.3 Å². The van der Waals surface area contributed by atoms with Crippen LogP contribution in [-0.4, -0.2) is 6.67 Å². The van der Waals surface area contributed by atoms with Gasteiger partial charge in [-0.05, 0) is 36.1 Å². The Kier molecular flexibility index (Phi) is 5.65. The Morgan fingerprint density at radius 3 is 1.57 bits per heavy atom. The molecule has 0 atom stereocenters. The Hall–Kier alpha value is -2.48. The summed E-state index contributed by atoms with van der Waals surface area (Å²) in [4.78, 5) is 0. The summed E-state index contributed by atoms with van der Waals surface area (Å²) in [6.45, 7) is 8.29. The number of hydrogen-bond donors (Lipinski definition) is 2. The van der Waals surface area contributed by atoms with Gasteiger partial charge in [-0.25, -0.2) is 0 Å². The lowest BCUT2D eigenvalue weighted by Crippen LogP contribution is -2.13. The molecule has 0 aromatic heterocycles. The van der Waals surface area contributed by atoms with Gasteiger partial charge in [-0.3, -0.25) is 0 Å². The maximum Gasteiger partial charge on any atom is 0.0849 e. The van der Waals surface area contributed by atoms with Gasteiger partial charge in [-0.1, -0.05) is 48.6 Å². The Labute approximate surface area is 127 Å². The number of hydrogen-bond acceptors (Lipinski definition) is 2. The van der Waals surface area contributed by atoms with E-state index in [1.807, 2.05) is 24.3 Å². The third-order valence-electron chi connectivity index (χ3n) is 3.32. The van der Waals surface area contributed by atoms with Crippen LogP contribution in [0.2, 0.25) is 0 Å². The Balaban J connectivity index is 1.98. The van der Waals surface area contributed by atoms with Crippen molar-refractivity contribution in [3.63, 3.8) is 0 Å². The zero-order valence-corrected chi connectivity index (χ0v) is 12.3. The maximum atomic E-state index is 3.80. The van der Waals surface area contributed by atoms with E-state index in [2.05, 4.69) is 60.2 Å². The monoisotopic (exact) mass is 278 g/mol. The molecule has 0 aliphatic carbocycles. The second kappa shape index (κ2) is 7.95. The Morgan fingerprint density at radius 1 is 0.714 bits per heavy atom. The average Bonchev–Trinajstić information content (AvgIpc) is 2.51. The molecule has 0 heterocycles. The van der Waals surface area contributed by atoms with Crippen molar-refractivity contribution in [1.82, 2.24) is 0 Å². The summed E-state index contributed by atoms with van der Waals surface area (Å²) < 4.78 is 0. The second-order valence-corrected chi connectivity index (χ2v) is 4.83. The molecule has 0 unspecified atom stereocenters. The lowest BCUT2D eigenvalue weighted by Gasteiger charge is -2.14. The fraction of sp³-hybridized carbons (Fsp3) is 0.158. The predicted molar refractivity (Wildman–Crippen MR) is 92.8 cm³/mol. The summed E-state index contributed by atoms with van der Waals surface area (Å²) in [5.41, 5.74) is 4.81. The van der Waals surface area contributed by atoms with Crippen LogP contribution < -0.4 is 10.6 Å². The molecule has 0 amide bonds. The molecular formula is C19H22N2. The first kappa shape index (κ1) is 14.9. The summed E-state index contributed by atoms with van der Waals surface area (Å²) in [6.07, 6.45) is 5.59. The van der Waals surface area contributed by atoms with Crippen molar-refractivity contribution in [3.05, 3.63) is 85.0 Å². The van der Waals surface area contributed by atoms with Crippen molar-refractivity contribution < 1.29 is 0 Å². The molecule has 21 heavy (non-hydrogen) atoms. The molecule has 0 aliphatic heterocycles. The summed E-state index contributed by atoms with van der Waals surface area (Å²) in [5, 5.41) is 6.86. The molecule has 2 aromatic rings. The highest BCUT2D eigenvalue weighted by atomic mass is 15.1. The first-order chi connectivity index (χ1) is 10.3. The summed E-state index contributed by atoms with van der Waals surface area (Å²) in [5.74, 6) is 0. The van der Waals surface area contributed by atoms with Gasteiger partial charge in [0.2, 0.25) is 0 Å². The van der Waals surface area contributed by atoms with Crippen LogP contribution in [0.25, 0.3) is 0 Å². The van der Waals surface area contributed by atoms with E-state index in [9.17, 15) is 0 Å². The fourth-order valence-electron chi connectivity index (χ4n) is 2.29. The number of allylic oxidation sites excluding steroid dienone is 2. The number of benzene rings is 2. The number of nitrogens with one attached hydrogen (secondary N) is 2. The van der Waals surface area contributed by atoms with Crippen LogP contribution in [0.15, 0.2) is 73.8 Å². The first-order valence-corrected chi connectivity index (χ1v) is 7.20. The molecule has 2 aromatic carbocycles. The van der Waals surface area contributed by atoms with Crippen LogP contribution in [0.5, 0.6) is 0 Å². The SMILES string of the molecule is C=CCc1ccccc1NCNc1ccccc1CC=C. The molecule has 0 saturated carbocycles. The van der Waals surface area contributed by atoms with E-state index < -0.39 is 0 Å². The van der Waals surface area contributed by atoms with Crippen molar-refractivity contribution in [2.24, 2.45) is 0 Å². The molecule has 0 fully saturated rings. The lowest BCUT2D eigenvalue weighted by molar-refractivity contribution is 1.16. The Bertz CT molecular complexity index is 549. The largest absolute Gasteiger partial charge is 0.368 e. The molecular weight excluding hydrogens is 256 g/mol. The molecule has 2 nitrogen and oxygen atoms in total. The molecule has 2 rings (SSSR count). The molecule has 0 bridgehead atoms. The van der Waals surface area contributed by atoms with Crippen LogP contribution in [0.3, 0.4) is 0 Å². The van der Waals surface area contributed by atoms with Gasteiger partial charge in [0.15, 0.2) is 0 Å². The van der Waals surface area contributed by atoms with E-state index in [1.54, 1.807) is 0 Å². The van der Waals surface area contributed by atoms with E-state index in [1.165, 1.54) is 11.1 Å². The van der Waals surface area contributed by atoms with Gasteiger partial charge in [0.1, 0.15) is 0 Å². The number of para-hydroxylation sites is 2. The van der Waals surface area contributed by atoms with Crippen LogP contribution in [0.1, 0.15) is 11.1 Å². The maximum absolute atomic E-state index is 3.80. The quantitative estimate of drug-likeness (QED) is 0.543. The lowest BCUT2D eigenvalue weighted by atomic mass is 10.1. The Morgan fingerprint density at radius 2 is 1.14 bits per heavy atom. The minimum atomic E-state index is 0.683. The molecule has 0 saturated heterocycles. The number of anilines is 2. The van der Waals surface area contributed by atoms with E-state index in [-0.39, 0.29) is 0 Å². The average molecular weight is 278 g/mol. The van der Waals surface area contributed by atoms with Crippen LogP contribution in [0.4, 0.5) is 11.4 Å². The second-order valence-electron chi connectivity index (χ2n) is 4.83. The van der Waals surface area contributed by atoms with Crippen molar-refractivity contribution in [3.8, 4) is 0 Å². The van der Waals surface area contributed by atoms with Gasteiger partial charge >= 0.3 is 0 Å². The van der Waals surface area contributed by atoms with Crippen LogP contribution >= 0.6 is 0 Å². The smallest absolute Gasteiger partial charge is 0.0849 e. The predicted octanol–water partition coefficient (Wildman–Crippen LogP) is 4.63. The highest BCUT2D eigenvalue weighted by molar-refractivity contribution is 5.55. The van der Waals surface area contributed by atoms with Gasteiger partial charge in [0, 0.05) is 11.4 Å². The molecule has 0 aliphatic rings. The van der Waals surface area contributed by atoms with Crippen molar-refractivity contribution >= 4 is 11.4 Å². The molecule has 0 radical (unpaired) electrons. The topological polar surface area (TPSA) is 24.1 Å². The third kappa shape index (κ3) is 4.25. The van der Waals surface area contributed by atoms with Gasteiger partial charge < -0.3 is 10.6 Å². The highest BCUT2D eigenvalue weighted by Crippen LogP contribution is 2.18. The van der Waals surface area contributed by atoms with Crippen LogP contribution in [-0.2, 0) is 12.8 Å². The van der Waals surface area contributed by atoms with E-state index in [0.29, 0.717) is 6.67 Å². The first-order valence-electron chi connectivity index (χ1n) is 7.20. The van der Waals surface area contributed by atoms with E-state index >= 15 is 0 Å². The standard InChI is InChI=1S/C19H22N2/c1-3-9-16-11-5-7-13-18(16)20-15-21-19-14-8-6-12-17(19)10-4-2/h3-8,11-14,20-21H,1-2,9-10,15H2. The molecule has 2 heteroatoms. The van der Waals surface area contributed by atoms with E-state index in [0.717, 1.165) is 24.2 Å². The normalized spacial score (nSPS) is 9.90. The van der Waals surface area contributed by atoms with Crippen molar-refractivity contribution in [2.45, 2.75) is 12.8 Å². The number of rotatable bonds is 8. The molecule has 2 N–H and O–H groups in total. The van der Waals surface area contributed by atoms with Gasteiger partial charge in [0.25, 0.3) is 0 Å². The van der Waals surface area contributed by atoms with Gasteiger partial charge in [0.05, 0.1) is 6.67 Å². The zero-order chi connectivity index (χ0) is 14.9. The third-order valence-corrected chi connectivity index (χ3v) is 3.32. The van der Waals surface area contributed by atoms with E-state index in [4.69, 9.17) is 0 Å².